The van der Waals surface area contributed by atoms with Gasteiger partial charge >= 0.3 is 11.8 Å². The molecule has 10 heteroatoms. The molecule has 0 aliphatic carbocycles. The summed E-state index contributed by atoms with van der Waals surface area (Å²) in [6.07, 6.45) is 0.810. The second kappa shape index (κ2) is 7.73. The third-order valence-corrected chi connectivity index (χ3v) is 5.55. The number of likely N-dealkylation sites (tertiary alicyclic amines) is 1. The van der Waals surface area contributed by atoms with Gasteiger partial charge in [-0.05, 0) is 42.8 Å². The Balaban J connectivity index is 1.57. The Hall–Kier alpha value is -4.34. The average Bonchev–Trinajstić information content (AvgIpc) is 3.38. The van der Waals surface area contributed by atoms with Gasteiger partial charge in [-0.2, -0.15) is 0 Å². The number of aromatic nitrogens is 4. The highest BCUT2D eigenvalue weighted by molar-refractivity contribution is 5.84. The number of carboxylic acid groups (broad SMARTS) is 1. The molecular weight excluding hydrogens is 412 g/mol. The van der Waals surface area contributed by atoms with Crippen LogP contribution in [0.2, 0.25) is 0 Å². The summed E-state index contributed by atoms with van der Waals surface area (Å²) >= 11 is 0. The molecule has 1 aliphatic heterocycles. The summed E-state index contributed by atoms with van der Waals surface area (Å²) in [5.74, 6) is 1.49. The summed E-state index contributed by atoms with van der Waals surface area (Å²) < 4.78 is 8.81. The monoisotopic (exact) mass is 432 g/mol. The topological polar surface area (TPSA) is 128 Å². The zero-order valence-corrected chi connectivity index (χ0v) is 17.0. The number of para-hydroxylation sites is 1. The first kappa shape index (κ1) is 19.6. The number of imidazole rings is 1. The molecule has 1 amide bonds. The summed E-state index contributed by atoms with van der Waals surface area (Å²) in [4.78, 5) is 34.5. The van der Waals surface area contributed by atoms with E-state index in [1.165, 1.54) is 20.4 Å². The highest BCUT2D eigenvalue weighted by Crippen LogP contribution is 2.28. The highest BCUT2D eigenvalue weighted by Gasteiger charge is 2.31. The van der Waals surface area contributed by atoms with Crippen LogP contribution in [0.3, 0.4) is 0 Å². The van der Waals surface area contributed by atoms with E-state index < -0.39 is 6.09 Å². The van der Waals surface area contributed by atoms with Crippen LogP contribution in [0.15, 0.2) is 65.7 Å². The fraction of sp³-hybridized carbons (Fsp3) is 0.182. The Morgan fingerprint density at radius 1 is 1.06 bits per heavy atom. The lowest BCUT2D eigenvalue weighted by Gasteiger charge is -2.13. The molecule has 1 fully saturated rings. The number of fused-ring (bicyclic) bond motifs is 1. The van der Waals surface area contributed by atoms with E-state index in [9.17, 15) is 14.7 Å². The lowest BCUT2D eigenvalue weighted by Crippen LogP contribution is -2.31. The number of carbonyl (C=O) groups is 1. The molecule has 0 bridgehead atoms. The van der Waals surface area contributed by atoms with Gasteiger partial charge in [0.05, 0.1) is 11.7 Å². The first-order valence-electron chi connectivity index (χ1n) is 10.1. The number of benzene rings is 2. The quantitative estimate of drug-likeness (QED) is 0.507. The normalized spacial score (nSPS) is 15.9. The standard InChI is InChI=1S/C22H20N6O4/c23-19-18-20(25-13-24-19)28(15-10-11-26(12-15)22(30)31)21(29)27(18)14-6-8-17(9-7-14)32-16-4-2-1-3-5-16/h1-9,13,15H,10-12H2,(H,30,31)(H2,23,24,25)/t15-/m1/s1. The van der Waals surface area contributed by atoms with Gasteiger partial charge in [-0.25, -0.2) is 19.6 Å². The maximum atomic E-state index is 13.5. The Morgan fingerprint density at radius 2 is 1.78 bits per heavy atom. The van der Waals surface area contributed by atoms with Crippen molar-refractivity contribution in [2.24, 2.45) is 0 Å². The van der Waals surface area contributed by atoms with Crippen LogP contribution in [0.5, 0.6) is 11.5 Å². The molecule has 1 saturated heterocycles. The summed E-state index contributed by atoms with van der Waals surface area (Å²) in [5, 5.41) is 9.30. The summed E-state index contributed by atoms with van der Waals surface area (Å²) in [6, 6.07) is 16.1. The van der Waals surface area contributed by atoms with Crippen LogP contribution in [0.1, 0.15) is 12.5 Å². The summed E-state index contributed by atoms with van der Waals surface area (Å²) in [7, 11) is 0. The fourth-order valence-electron chi connectivity index (χ4n) is 4.05. The number of rotatable bonds is 4. The van der Waals surface area contributed by atoms with Crippen LogP contribution in [0.25, 0.3) is 16.9 Å². The van der Waals surface area contributed by atoms with Crippen LogP contribution < -0.4 is 16.2 Å². The Kier molecular flexibility index (Phi) is 4.74. The van der Waals surface area contributed by atoms with Crippen LogP contribution >= 0.6 is 0 Å². The number of nitrogens with zero attached hydrogens (tertiary/aromatic N) is 5. The predicted molar refractivity (Wildman–Crippen MR) is 117 cm³/mol. The molecule has 2 aromatic heterocycles. The average molecular weight is 432 g/mol. The smallest absolute Gasteiger partial charge is 0.407 e. The van der Waals surface area contributed by atoms with E-state index in [0.717, 1.165) is 0 Å². The fourth-order valence-corrected chi connectivity index (χ4v) is 4.05. The van der Waals surface area contributed by atoms with Crippen molar-refractivity contribution in [1.29, 1.82) is 0 Å². The van der Waals surface area contributed by atoms with Crippen molar-refractivity contribution >= 4 is 23.1 Å². The first-order valence-corrected chi connectivity index (χ1v) is 10.1. The lowest BCUT2D eigenvalue weighted by atomic mass is 10.2. The Labute approximate surface area is 182 Å². The van der Waals surface area contributed by atoms with Gasteiger partial charge in [0, 0.05) is 13.1 Å². The van der Waals surface area contributed by atoms with E-state index in [1.807, 2.05) is 30.3 Å². The molecular formula is C22H20N6O4. The van der Waals surface area contributed by atoms with Crippen molar-refractivity contribution in [1.82, 2.24) is 24.0 Å². The van der Waals surface area contributed by atoms with Crippen LogP contribution in [0, 0.1) is 0 Å². The molecule has 2 aromatic carbocycles. The van der Waals surface area contributed by atoms with Crippen molar-refractivity contribution in [3.63, 3.8) is 0 Å². The minimum atomic E-state index is -1.01. The number of nitrogen functional groups attached to an aromatic ring is 1. The maximum Gasteiger partial charge on any atom is 0.407 e. The maximum absolute atomic E-state index is 13.5. The molecule has 1 aliphatic rings. The zero-order valence-electron chi connectivity index (χ0n) is 17.0. The number of anilines is 1. The van der Waals surface area contributed by atoms with Crippen LogP contribution in [-0.2, 0) is 0 Å². The van der Waals surface area contributed by atoms with Gasteiger partial charge in [-0.1, -0.05) is 18.2 Å². The van der Waals surface area contributed by atoms with Gasteiger partial charge in [-0.15, -0.1) is 0 Å². The minimum Gasteiger partial charge on any atom is -0.465 e. The molecule has 0 saturated carbocycles. The summed E-state index contributed by atoms with van der Waals surface area (Å²) in [6.45, 7) is 0.563. The van der Waals surface area contributed by atoms with Crippen molar-refractivity contribution in [3.05, 3.63) is 71.4 Å². The molecule has 1 atom stereocenters. The lowest BCUT2D eigenvalue weighted by molar-refractivity contribution is 0.154. The SMILES string of the molecule is Nc1ncnc2c1n(-c1ccc(Oc3ccccc3)cc1)c(=O)n2[C@@H]1CCN(C(=O)O)C1. The van der Waals surface area contributed by atoms with E-state index in [0.29, 0.717) is 41.3 Å². The number of hydrogen-bond acceptors (Lipinski definition) is 6. The van der Waals surface area contributed by atoms with E-state index in [1.54, 1.807) is 24.3 Å². The second-order valence-electron chi connectivity index (χ2n) is 7.50. The zero-order chi connectivity index (χ0) is 22.2. The van der Waals surface area contributed by atoms with E-state index >= 15 is 0 Å². The molecule has 3 heterocycles. The van der Waals surface area contributed by atoms with Gasteiger partial charge in [0.15, 0.2) is 11.5 Å². The van der Waals surface area contributed by atoms with Crippen LogP contribution in [0.4, 0.5) is 10.6 Å². The predicted octanol–water partition coefficient (Wildman–Crippen LogP) is 2.88. The van der Waals surface area contributed by atoms with Crippen molar-refractivity contribution in [2.75, 3.05) is 18.8 Å². The van der Waals surface area contributed by atoms with Gasteiger partial charge < -0.3 is 20.5 Å². The second-order valence-corrected chi connectivity index (χ2v) is 7.50. The number of amides is 1. The molecule has 3 N–H and O–H groups in total. The summed E-state index contributed by atoms with van der Waals surface area (Å²) in [5.41, 5.74) is 7.13. The van der Waals surface area contributed by atoms with Gasteiger partial charge in [0.2, 0.25) is 0 Å². The molecule has 0 unspecified atom stereocenters. The van der Waals surface area contributed by atoms with E-state index in [-0.39, 0.29) is 24.1 Å². The van der Waals surface area contributed by atoms with Crippen LogP contribution in [-0.4, -0.2) is 48.3 Å². The Bertz CT molecular complexity index is 1350. The minimum absolute atomic E-state index is 0.170. The van der Waals surface area contributed by atoms with Crippen molar-refractivity contribution in [2.45, 2.75) is 12.5 Å². The molecule has 5 rings (SSSR count). The van der Waals surface area contributed by atoms with Gasteiger partial charge in [-0.3, -0.25) is 9.13 Å². The van der Waals surface area contributed by atoms with E-state index in [2.05, 4.69) is 9.97 Å². The van der Waals surface area contributed by atoms with Crippen molar-refractivity contribution in [3.8, 4) is 17.2 Å². The molecule has 0 radical (unpaired) electrons. The van der Waals surface area contributed by atoms with Gasteiger partial charge in [0.1, 0.15) is 23.3 Å². The molecule has 162 valence electrons. The molecule has 4 aromatic rings. The number of hydrogen-bond donors (Lipinski definition) is 2. The highest BCUT2D eigenvalue weighted by atomic mass is 16.5. The number of nitrogens with two attached hydrogens (primary N) is 1. The van der Waals surface area contributed by atoms with Gasteiger partial charge in [0.25, 0.3) is 0 Å². The largest absolute Gasteiger partial charge is 0.465 e. The third-order valence-electron chi connectivity index (χ3n) is 5.55. The molecule has 32 heavy (non-hydrogen) atoms. The Morgan fingerprint density at radius 3 is 2.47 bits per heavy atom. The molecule has 0 spiro atoms. The molecule has 10 nitrogen and oxygen atoms in total. The van der Waals surface area contributed by atoms with E-state index in [4.69, 9.17) is 10.5 Å². The first-order chi connectivity index (χ1) is 15.5. The third kappa shape index (κ3) is 3.31. The van der Waals surface area contributed by atoms with Crippen molar-refractivity contribution < 1.29 is 14.6 Å². The number of ether oxygens (including phenoxy) is 1.